The van der Waals surface area contributed by atoms with E-state index in [4.69, 9.17) is 11.6 Å². The molecule has 0 aromatic heterocycles. The Kier molecular flexibility index (Phi) is 3.75. The Morgan fingerprint density at radius 1 is 1.09 bits per heavy atom. The monoisotopic (exact) mass is 345 g/mol. The molecule has 1 aliphatic carbocycles. The average molecular weight is 346 g/mol. The first kappa shape index (κ1) is 15.7. The minimum Gasteiger partial charge on any atom is -0.302 e. The maximum atomic E-state index is 12.9. The molecule has 116 valence electrons. The number of carbonyl (C=O) groups excluding carboxylic acids is 1. The highest BCUT2D eigenvalue weighted by Crippen LogP contribution is 2.62. The van der Waals surface area contributed by atoms with Crippen molar-refractivity contribution in [2.24, 2.45) is 5.41 Å². The average Bonchev–Trinajstić information content (AvgIpc) is 3.27. The van der Waals surface area contributed by atoms with Crippen molar-refractivity contribution in [1.29, 1.82) is 5.26 Å². The van der Waals surface area contributed by atoms with Gasteiger partial charge in [0.2, 0.25) is 0 Å². The molecule has 3 rings (SSSR count). The van der Waals surface area contributed by atoms with Crippen LogP contribution in [0.2, 0.25) is 5.02 Å². The van der Waals surface area contributed by atoms with E-state index < -0.39 is 26.4 Å². The number of sulfone groups is 1. The van der Waals surface area contributed by atoms with Crippen LogP contribution < -0.4 is 0 Å². The van der Waals surface area contributed by atoms with Crippen molar-refractivity contribution < 1.29 is 13.2 Å². The van der Waals surface area contributed by atoms with Crippen LogP contribution in [0.4, 0.5) is 0 Å². The highest BCUT2D eigenvalue weighted by atomic mass is 35.5. The van der Waals surface area contributed by atoms with Gasteiger partial charge >= 0.3 is 0 Å². The summed E-state index contributed by atoms with van der Waals surface area (Å²) in [6, 6.07) is 16.4. The SMILES string of the molecule is N#C[C@]1(C=O)[C@H](c2ccccc2)[C@H]1S(=O)(=O)c1ccc(Cl)cc1. The number of halogens is 1. The topological polar surface area (TPSA) is 75.0 Å². The van der Waals surface area contributed by atoms with Crippen molar-refractivity contribution in [1.82, 2.24) is 0 Å². The lowest BCUT2D eigenvalue weighted by atomic mass is 10.0. The maximum Gasteiger partial charge on any atom is 0.183 e. The van der Waals surface area contributed by atoms with Crippen LogP contribution in [0.3, 0.4) is 0 Å². The van der Waals surface area contributed by atoms with Gasteiger partial charge < -0.3 is 4.79 Å². The third-order valence-electron chi connectivity index (χ3n) is 4.20. The van der Waals surface area contributed by atoms with Gasteiger partial charge in [-0.3, -0.25) is 0 Å². The smallest absolute Gasteiger partial charge is 0.183 e. The summed E-state index contributed by atoms with van der Waals surface area (Å²) < 4.78 is 25.7. The molecule has 0 bridgehead atoms. The minimum absolute atomic E-state index is 0.0619. The number of benzene rings is 2. The van der Waals surface area contributed by atoms with E-state index in [9.17, 15) is 18.5 Å². The Morgan fingerprint density at radius 3 is 2.22 bits per heavy atom. The Hall–Kier alpha value is -2.16. The summed E-state index contributed by atoms with van der Waals surface area (Å²) in [4.78, 5) is 11.6. The highest BCUT2D eigenvalue weighted by Gasteiger charge is 2.72. The molecule has 0 spiro atoms. The number of aldehydes is 1. The summed E-state index contributed by atoms with van der Waals surface area (Å²) in [5.74, 6) is -0.660. The Morgan fingerprint density at radius 2 is 1.70 bits per heavy atom. The lowest BCUT2D eigenvalue weighted by Gasteiger charge is -2.04. The molecule has 2 aromatic rings. The summed E-state index contributed by atoms with van der Waals surface area (Å²) in [5.41, 5.74) is -0.872. The third-order valence-corrected chi connectivity index (χ3v) is 6.71. The molecular formula is C17H12ClNO3S. The van der Waals surface area contributed by atoms with Crippen LogP contribution in [0.25, 0.3) is 0 Å². The minimum atomic E-state index is -3.82. The molecular weight excluding hydrogens is 334 g/mol. The molecule has 0 amide bonds. The number of nitrogens with zero attached hydrogens (tertiary/aromatic N) is 1. The number of hydrogen-bond donors (Lipinski definition) is 0. The van der Waals surface area contributed by atoms with Crippen LogP contribution in [0.15, 0.2) is 59.5 Å². The van der Waals surface area contributed by atoms with Gasteiger partial charge in [0, 0.05) is 10.9 Å². The molecule has 0 N–H and O–H groups in total. The van der Waals surface area contributed by atoms with Gasteiger partial charge in [-0.15, -0.1) is 0 Å². The van der Waals surface area contributed by atoms with Crippen LogP contribution in [0, 0.1) is 16.7 Å². The van der Waals surface area contributed by atoms with E-state index in [-0.39, 0.29) is 4.90 Å². The molecule has 0 unspecified atom stereocenters. The summed E-state index contributed by atoms with van der Waals surface area (Å²) in [7, 11) is -3.82. The van der Waals surface area contributed by atoms with E-state index in [1.54, 1.807) is 30.3 Å². The molecule has 23 heavy (non-hydrogen) atoms. The molecule has 2 aromatic carbocycles. The van der Waals surface area contributed by atoms with Gasteiger partial charge in [-0.1, -0.05) is 41.9 Å². The normalized spacial score (nSPS) is 26.3. The predicted octanol–water partition coefficient (Wildman–Crippen LogP) is 2.99. The maximum absolute atomic E-state index is 12.9. The zero-order valence-electron chi connectivity index (χ0n) is 11.9. The largest absolute Gasteiger partial charge is 0.302 e. The number of carbonyl (C=O) groups is 1. The Labute approximate surface area is 139 Å². The second-order valence-electron chi connectivity index (χ2n) is 5.47. The van der Waals surface area contributed by atoms with E-state index in [1.165, 1.54) is 24.3 Å². The molecule has 0 heterocycles. The van der Waals surface area contributed by atoms with Crippen LogP contribution in [0.1, 0.15) is 11.5 Å². The fraction of sp³-hybridized carbons (Fsp3) is 0.176. The van der Waals surface area contributed by atoms with Crippen molar-refractivity contribution in [3.8, 4) is 6.07 Å². The number of nitriles is 1. The van der Waals surface area contributed by atoms with Crippen molar-refractivity contribution in [2.75, 3.05) is 0 Å². The molecule has 1 aliphatic rings. The van der Waals surface area contributed by atoms with Crippen molar-refractivity contribution >= 4 is 27.7 Å². The molecule has 3 atom stereocenters. The summed E-state index contributed by atoms with van der Waals surface area (Å²) >= 11 is 5.79. The number of rotatable bonds is 4. The fourth-order valence-corrected chi connectivity index (χ4v) is 5.36. The van der Waals surface area contributed by atoms with Crippen LogP contribution in [-0.2, 0) is 14.6 Å². The summed E-state index contributed by atoms with van der Waals surface area (Å²) in [6.07, 6.45) is 0.461. The van der Waals surface area contributed by atoms with Crippen molar-refractivity contribution in [2.45, 2.75) is 16.1 Å². The van der Waals surface area contributed by atoms with E-state index in [2.05, 4.69) is 0 Å². The van der Waals surface area contributed by atoms with Crippen LogP contribution >= 0.6 is 11.6 Å². The molecule has 4 nitrogen and oxygen atoms in total. The van der Waals surface area contributed by atoms with E-state index >= 15 is 0 Å². The molecule has 1 fully saturated rings. The summed E-state index contributed by atoms with van der Waals surface area (Å²) in [5, 5.41) is 8.78. The Balaban J connectivity index is 2.09. The number of hydrogen-bond acceptors (Lipinski definition) is 4. The van der Waals surface area contributed by atoms with Gasteiger partial charge in [0.1, 0.15) is 17.0 Å². The quantitative estimate of drug-likeness (QED) is 0.798. The van der Waals surface area contributed by atoms with E-state index in [0.717, 1.165) is 0 Å². The van der Waals surface area contributed by atoms with Gasteiger partial charge in [-0.25, -0.2) is 8.42 Å². The fourth-order valence-electron chi connectivity index (χ4n) is 2.99. The van der Waals surface area contributed by atoms with E-state index in [0.29, 0.717) is 16.9 Å². The van der Waals surface area contributed by atoms with Crippen molar-refractivity contribution in [3.05, 3.63) is 65.2 Å². The lowest BCUT2D eigenvalue weighted by molar-refractivity contribution is -0.110. The van der Waals surface area contributed by atoms with E-state index in [1.807, 2.05) is 6.07 Å². The first-order valence-corrected chi connectivity index (χ1v) is 8.82. The van der Waals surface area contributed by atoms with Gasteiger partial charge in [0.15, 0.2) is 9.84 Å². The lowest BCUT2D eigenvalue weighted by Crippen LogP contribution is -2.16. The standard InChI is InChI=1S/C17H12ClNO3S/c18-13-6-8-14(9-7-13)23(21,22)16-15(17(16,10-19)11-20)12-4-2-1-3-5-12/h1-9,11,15-16H/t15-,16-,17+/m1/s1. The first-order valence-electron chi connectivity index (χ1n) is 6.89. The molecule has 0 aliphatic heterocycles. The van der Waals surface area contributed by atoms with Crippen molar-refractivity contribution in [3.63, 3.8) is 0 Å². The van der Waals surface area contributed by atoms with Crippen LogP contribution in [0.5, 0.6) is 0 Å². The second kappa shape index (κ2) is 5.48. The zero-order chi connectivity index (χ0) is 16.7. The molecule has 0 saturated heterocycles. The van der Waals surface area contributed by atoms with Gasteiger partial charge in [0.25, 0.3) is 0 Å². The Bertz CT molecular complexity index is 888. The third kappa shape index (κ3) is 2.35. The van der Waals surface area contributed by atoms with Gasteiger partial charge in [0.05, 0.1) is 11.0 Å². The molecule has 1 saturated carbocycles. The molecule has 0 radical (unpaired) electrons. The molecule has 6 heteroatoms. The van der Waals surface area contributed by atoms with Gasteiger partial charge in [-0.2, -0.15) is 5.26 Å². The second-order valence-corrected chi connectivity index (χ2v) is 7.98. The van der Waals surface area contributed by atoms with Crippen LogP contribution in [-0.4, -0.2) is 20.0 Å². The van der Waals surface area contributed by atoms with Gasteiger partial charge in [-0.05, 0) is 29.8 Å². The highest BCUT2D eigenvalue weighted by molar-refractivity contribution is 7.92. The predicted molar refractivity (Wildman–Crippen MR) is 85.7 cm³/mol. The zero-order valence-corrected chi connectivity index (χ0v) is 13.5. The summed E-state index contributed by atoms with van der Waals surface area (Å²) in [6.45, 7) is 0. The first-order chi connectivity index (χ1) is 11.0.